The minimum absolute atomic E-state index is 0.000303. The number of halogens is 2. The van der Waals surface area contributed by atoms with Crippen molar-refractivity contribution in [3.05, 3.63) is 77.2 Å². The molecule has 0 spiro atoms. The smallest absolute Gasteiger partial charge is 0.257 e. The lowest BCUT2D eigenvalue weighted by atomic mass is 10.0. The van der Waals surface area contributed by atoms with Gasteiger partial charge in [0, 0.05) is 24.3 Å². The van der Waals surface area contributed by atoms with Gasteiger partial charge in [-0.1, -0.05) is 12.1 Å². The van der Waals surface area contributed by atoms with E-state index in [0.717, 1.165) is 17.6 Å². The number of nitrogens with one attached hydrogen (secondary N) is 1. The molecule has 1 amide bonds. The van der Waals surface area contributed by atoms with Crippen LogP contribution in [-0.2, 0) is 6.54 Å². The van der Waals surface area contributed by atoms with Crippen LogP contribution in [0.1, 0.15) is 34.5 Å². The first kappa shape index (κ1) is 21.8. The van der Waals surface area contributed by atoms with Gasteiger partial charge in [0.25, 0.3) is 5.91 Å². The van der Waals surface area contributed by atoms with E-state index in [1.165, 1.54) is 35.4 Å². The Hall–Kier alpha value is -4.01. The number of aromatic amines is 1. The number of H-pyrrole nitrogens is 1. The molecule has 2 heterocycles. The first-order valence-corrected chi connectivity index (χ1v) is 10.9. The van der Waals surface area contributed by atoms with Crippen molar-refractivity contribution in [2.45, 2.75) is 32.4 Å². The summed E-state index contributed by atoms with van der Waals surface area (Å²) >= 11 is 0. The fraction of sp³-hybridized carbons (Fsp3) is 0.240. The maximum absolute atomic E-state index is 15.2. The molecule has 9 heteroatoms. The molecule has 2 N–H and O–H groups in total. The van der Waals surface area contributed by atoms with Crippen molar-refractivity contribution in [2.24, 2.45) is 0 Å². The van der Waals surface area contributed by atoms with Crippen LogP contribution in [0, 0.1) is 18.6 Å². The summed E-state index contributed by atoms with van der Waals surface area (Å²) in [6.45, 7) is 1.84. The monoisotopic (exact) mass is 465 g/mol. The Balaban J connectivity index is 1.49. The highest BCUT2D eigenvalue weighted by molar-refractivity contribution is 5.96. The number of nitrogens with zero attached hydrogens (tertiary/aromatic N) is 3. The van der Waals surface area contributed by atoms with Gasteiger partial charge in [-0.15, -0.1) is 0 Å². The molecule has 0 aliphatic heterocycles. The SMILES string of the molecule is Cc1c2cn[nH]c2c(CN(C)C(=O)c2cc(OC3CC3)c(-c3cccc(F)c3)cc2F)c[n+]1O. The van der Waals surface area contributed by atoms with Gasteiger partial charge >= 0.3 is 0 Å². The van der Waals surface area contributed by atoms with E-state index >= 15 is 4.39 Å². The largest absolute Gasteiger partial charge is 0.490 e. The second-order valence-corrected chi connectivity index (χ2v) is 8.56. The zero-order chi connectivity index (χ0) is 24.0. The van der Waals surface area contributed by atoms with E-state index in [2.05, 4.69) is 10.2 Å². The highest BCUT2D eigenvalue weighted by atomic mass is 19.1. The Labute approximate surface area is 194 Å². The van der Waals surface area contributed by atoms with Gasteiger partial charge in [0.1, 0.15) is 17.4 Å². The number of carbonyl (C=O) groups is 1. The molecule has 0 bridgehead atoms. The summed E-state index contributed by atoms with van der Waals surface area (Å²) in [4.78, 5) is 14.6. The first-order valence-electron chi connectivity index (χ1n) is 10.9. The molecule has 0 unspecified atom stereocenters. The van der Waals surface area contributed by atoms with E-state index in [1.807, 2.05) is 0 Å². The van der Waals surface area contributed by atoms with Crippen molar-refractivity contribution < 1.29 is 28.2 Å². The molecule has 7 nitrogen and oxygen atoms in total. The van der Waals surface area contributed by atoms with E-state index < -0.39 is 17.5 Å². The normalized spacial score (nSPS) is 13.3. The Morgan fingerprint density at radius 3 is 2.82 bits per heavy atom. The van der Waals surface area contributed by atoms with E-state index in [4.69, 9.17) is 4.74 Å². The van der Waals surface area contributed by atoms with Crippen LogP contribution in [0.5, 0.6) is 5.75 Å². The lowest BCUT2D eigenvalue weighted by molar-refractivity contribution is -0.908. The van der Waals surface area contributed by atoms with Crippen LogP contribution in [-0.4, -0.2) is 39.4 Å². The van der Waals surface area contributed by atoms with Crippen LogP contribution in [0.15, 0.2) is 48.8 Å². The summed E-state index contributed by atoms with van der Waals surface area (Å²) in [5, 5.41) is 17.8. The molecule has 4 aromatic rings. The number of ether oxygens (including phenoxy) is 1. The van der Waals surface area contributed by atoms with Crippen molar-refractivity contribution >= 4 is 16.8 Å². The summed E-state index contributed by atoms with van der Waals surface area (Å²) in [7, 11) is 1.55. The van der Waals surface area contributed by atoms with Crippen LogP contribution < -0.4 is 9.47 Å². The van der Waals surface area contributed by atoms with Crippen LogP contribution >= 0.6 is 0 Å². The van der Waals surface area contributed by atoms with E-state index in [9.17, 15) is 14.4 Å². The number of aryl methyl sites for hydroxylation is 1. The number of benzene rings is 2. The maximum atomic E-state index is 15.2. The lowest BCUT2D eigenvalue weighted by Gasteiger charge is -2.19. The minimum Gasteiger partial charge on any atom is -0.490 e. The van der Waals surface area contributed by atoms with Crippen LogP contribution in [0.25, 0.3) is 22.0 Å². The van der Waals surface area contributed by atoms with Crippen molar-refractivity contribution in [2.75, 3.05) is 7.05 Å². The number of aromatic nitrogens is 3. The summed E-state index contributed by atoms with van der Waals surface area (Å²) in [6.07, 6.45) is 4.83. The van der Waals surface area contributed by atoms with Crippen molar-refractivity contribution in [3.8, 4) is 16.9 Å². The van der Waals surface area contributed by atoms with Gasteiger partial charge in [-0.25, -0.2) is 8.78 Å². The number of hydrogen-bond donors (Lipinski definition) is 2. The van der Waals surface area contributed by atoms with Gasteiger partial charge in [-0.2, -0.15) is 5.10 Å². The highest BCUT2D eigenvalue weighted by Crippen LogP contribution is 2.37. The Bertz CT molecular complexity index is 1420. The molecule has 2 aromatic heterocycles. The zero-order valence-corrected chi connectivity index (χ0v) is 18.7. The molecule has 2 aromatic carbocycles. The van der Waals surface area contributed by atoms with Gasteiger partial charge in [0.2, 0.25) is 11.9 Å². The predicted molar refractivity (Wildman–Crippen MR) is 119 cm³/mol. The van der Waals surface area contributed by atoms with Gasteiger partial charge in [0.05, 0.1) is 40.9 Å². The molecule has 0 saturated heterocycles. The molecule has 5 rings (SSSR count). The third kappa shape index (κ3) is 4.05. The number of rotatable bonds is 6. The molecule has 1 aliphatic carbocycles. The molecular formula is C25H23F2N4O3+. The average Bonchev–Trinajstić information content (AvgIpc) is 3.48. The summed E-state index contributed by atoms with van der Waals surface area (Å²) < 4.78 is 35.9. The van der Waals surface area contributed by atoms with Crippen molar-refractivity contribution in [1.29, 1.82) is 0 Å². The summed E-state index contributed by atoms with van der Waals surface area (Å²) in [5.41, 5.74) is 2.60. The number of fused-ring (bicyclic) bond motifs is 1. The predicted octanol–water partition coefficient (Wildman–Crippen LogP) is 4.15. The molecule has 1 aliphatic rings. The van der Waals surface area contributed by atoms with E-state index in [-0.39, 0.29) is 18.2 Å². The zero-order valence-electron chi connectivity index (χ0n) is 18.7. The Morgan fingerprint density at radius 1 is 1.29 bits per heavy atom. The first-order chi connectivity index (χ1) is 16.3. The number of carbonyl (C=O) groups excluding carboxylic acids is 1. The lowest BCUT2D eigenvalue weighted by Crippen LogP contribution is -2.35. The minimum atomic E-state index is -0.730. The fourth-order valence-corrected chi connectivity index (χ4v) is 3.95. The molecule has 34 heavy (non-hydrogen) atoms. The third-order valence-electron chi connectivity index (χ3n) is 5.98. The summed E-state index contributed by atoms with van der Waals surface area (Å²) in [5.74, 6) is -1.39. The third-order valence-corrected chi connectivity index (χ3v) is 5.98. The highest BCUT2D eigenvalue weighted by Gasteiger charge is 2.28. The van der Waals surface area contributed by atoms with Crippen molar-refractivity contribution in [3.63, 3.8) is 0 Å². The molecule has 1 saturated carbocycles. The van der Waals surface area contributed by atoms with Crippen LogP contribution in [0.2, 0.25) is 0 Å². The Morgan fingerprint density at radius 2 is 2.09 bits per heavy atom. The van der Waals surface area contributed by atoms with E-state index in [1.54, 1.807) is 32.3 Å². The van der Waals surface area contributed by atoms with Crippen LogP contribution in [0.3, 0.4) is 0 Å². The topological polar surface area (TPSA) is 82.3 Å². The number of hydrogen-bond acceptors (Lipinski definition) is 4. The quantitative estimate of drug-likeness (QED) is 0.331. The van der Waals surface area contributed by atoms with Crippen LogP contribution in [0.4, 0.5) is 8.78 Å². The fourth-order valence-electron chi connectivity index (χ4n) is 3.95. The second kappa shape index (κ2) is 8.40. The number of pyridine rings is 1. The molecule has 0 atom stereocenters. The maximum Gasteiger partial charge on any atom is 0.257 e. The molecule has 1 fully saturated rings. The van der Waals surface area contributed by atoms with Gasteiger partial charge in [-0.05, 0) is 42.7 Å². The van der Waals surface area contributed by atoms with Crippen molar-refractivity contribution in [1.82, 2.24) is 15.1 Å². The van der Waals surface area contributed by atoms with E-state index in [0.29, 0.717) is 39.0 Å². The standard InChI is InChI=1S/C25H22F2N4O3/c1-14-21-11-28-29-24(21)16(13-31(14)33)12-30(2)25(32)20-10-23(34-18-6-7-18)19(9-22(20)27)15-4-3-5-17(26)8-15/h3-5,8-11,13,18,33H,6-7,12H2,1-2H3/p+1. The molecular weight excluding hydrogens is 442 g/mol. The molecule has 0 radical (unpaired) electrons. The van der Waals surface area contributed by atoms with Gasteiger partial charge in [-0.3, -0.25) is 15.1 Å². The van der Waals surface area contributed by atoms with Gasteiger partial charge < -0.3 is 9.64 Å². The Kier molecular flexibility index (Phi) is 5.39. The average molecular weight is 465 g/mol. The summed E-state index contributed by atoms with van der Waals surface area (Å²) in [6, 6.07) is 8.43. The molecule has 174 valence electrons. The second-order valence-electron chi connectivity index (χ2n) is 8.56. The van der Waals surface area contributed by atoms with Gasteiger partial charge in [0.15, 0.2) is 0 Å². The number of amides is 1.